The number of aliphatic carboxylic acids is 1. The van der Waals surface area contributed by atoms with Crippen molar-refractivity contribution in [3.8, 4) is 0 Å². The third-order valence-corrected chi connectivity index (χ3v) is 9.74. The van der Waals surface area contributed by atoms with Crippen LogP contribution in [0.4, 0.5) is 0 Å². The van der Waals surface area contributed by atoms with E-state index in [0.29, 0.717) is 6.42 Å². The van der Waals surface area contributed by atoms with Gasteiger partial charge in [-0.05, 0) is 57.8 Å². The van der Waals surface area contributed by atoms with Crippen LogP contribution in [0, 0.1) is 0 Å². The lowest BCUT2D eigenvalue weighted by atomic mass is 10.1. The number of carboxylic acid groups (broad SMARTS) is 1. The van der Waals surface area contributed by atoms with Gasteiger partial charge < -0.3 is 28.6 Å². The molecule has 2 unspecified atom stereocenters. The number of likely N-dealkylation sites (N-methyl/N-ethyl adjacent to an activating group) is 1. The van der Waals surface area contributed by atoms with E-state index in [1.54, 1.807) is 21.1 Å². The second kappa shape index (κ2) is 38.2. The van der Waals surface area contributed by atoms with Crippen molar-refractivity contribution in [3.05, 3.63) is 48.6 Å². The predicted molar refractivity (Wildman–Crippen MR) is 226 cm³/mol. The van der Waals surface area contributed by atoms with E-state index in [1.165, 1.54) is 96.3 Å². The molecule has 0 aromatic carbocycles. The first-order chi connectivity index (χ1) is 26.6. The third-order valence-electron chi connectivity index (χ3n) is 9.74. The molecule has 55 heavy (non-hydrogen) atoms. The maximum Gasteiger partial charge on any atom is 0.306 e. The monoisotopic (exact) mass is 774 g/mol. The molecular formula is C47H83NO7. The molecule has 8 nitrogen and oxygen atoms in total. The maximum atomic E-state index is 12.7. The fraction of sp³-hybridized carbons (Fsp3) is 0.766. The zero-order valence-corrected chi connectivity index (χ0v) is 36.1. The van der Waals surface area contributed by atoms with Crippen molar-refractivity contribution in [2.75, 3.05) is 41.0 Å². The zero-order valence-electron chi connectivity index (χ0n) is 36.1. The lowest BCUT2D eigenvalue weighted by molar-refractivity contribution is -0.889. The topological polar surface area (TPSA) is 102 Å². The fourth-order valence-corrected chi connectivity index (χ4v) is 6.21. The van der Waals surface area contributed by atoms with Gasteiger partial charge in [-0.1, -0.05) is 152 Å². The Kier molecular flexibility index (Phi) is 36.3. The minimum absolute atomic E-state index is 0.0282. The van der Waals surface area contributed by atoms with E-state index in [9.17, 15) is 19.5 Å². The van der Waals surface area contributed by atoms with Gasteiger partial charge in [-0.15, -0.1) is 0 Å². The van der Waals surface area contributed by atoms with E-state index in [0.717, 1.165) is 51.4 Å². The molecule has 0 radical (unpaired) electrons. The number of allylic oxidation sites excluding steroid dienone is 8. The summed E-state index contributed by atoms with van der Waals surface area (Å²) in [4.78, 5) is 36.8. The van der Waals surface area contributed by atoms with Crippen molar-refractivity contribution in [1.29, 1.82) is 0 Å². The van der Waals surface area contributed by atoms with E-state index in [1.807, 2.05) is 0 Å². The lowest BCUT2D eigenvalue weighted by Crippen LogP contribution is -2.55. The average molecular weight is 774 g/mol. The summed E-state index contributed by atoms with van der Waals surface area (Å²) in [6, 6.07) is -0.731. The molecule has 0 N–H and O–H groups in total. The van der Waals surface area contributed by atoms with Crippen LogP contribution in [0.25, 0.3) is 0 Å². The second-order valence-electron chi connectivity index (χ2n) is 16.0. The SMILES string of the molecule is CCCC/C=C/C=C/CCCCCC(=O)OC(COCCC(C(=O)[O-])[N+](C)(C)C)COC(=O)CCCCCCCCCCCC/C=C/C=C/CCCCCC. The molecule has 0 saturated carbocycles. The second-order valence-corrected chi connectivity index (χ2v) is 16.0. The molecule has 0 aromatic rings. The van der Waals surface area contributed by atoms with Crippen LogP contribution >= 0.6 is 0 Å². The van der Waals surface area contributed by atoms with Gasteiger partial charge in [0, 0.05) is 19.3 Å². The Morgan fingerprint density at radius 3 is 1.44 bits per heavy atom. The number of rotatable bonds is 39. The highest BCUT2D eigenvalue weighted by Gasteiger charge is 2.25. The van der Waals surface area contributed by atoms with Gasteiger partial charge in [0.25, 0.3) is 0 Å². The average Bonchev–Trinajstić information content (AvgIpc) is 3.14. The van der Waals surface area contributed by atoms with Gasteiger partial charge in [0.1, 0.15) is 12.6 Å². The van der Waals surface area contributed by atoms with Crippen LogP contribution in [-0.4, -0.2) is 75.5 Å². The van der Waals surface area contributed by atoms with Crippen molar-refractivity contribution in [3.63, 3.8) is 0 Å². The summed E-state index contributed by atoms with van der Waals surface area (Å²) >= 11 is 0. The molecule has 0 aliphatic carbocycles. The highest BCUT2D eigenvalue weighted by Crippen LogP contribution is 2.14. The van der Waals surface area contributed by atoms with Crippen LogP contribution in [0.3, 0.4) is 0 Å². The van der Waals surface area contributed by atoms with Crippen LogP contribution in [0.1, 0.15) is 181 Å². The smallest absolute Gasteiger partial charge is 0.306 e. The van der Waals surface area contributed by atoms with Crippen LogP contribution < -0.4 is 5.11 Å². The number of hydrogen-bond acceptors (Lipinski definition) is 7. The number of carboxylic acids is 1. The minimum atomic E-state index is -1.13. The van der Waals surface area contributed by atoms with Crippen LogP contribution in [-0.2, 0) is 28.6 Å². The van der Waals surface area contributed by atoms with Crippen LogP contribution in [0.2, 0.25) is 0 Å². The van der Waals surface area contributed by atoms with Crippen molar-refractivity contribution in [1.82, 2.24) is 0 Å². The lowest BCUT2D eigenvalue weighted by Gasteiger charge is -2.34. The Hall–Kier alpha value is -2.71. The van der Waals surface area contributed by atoms with Crippen LogP contribution in [0.5, 0.6) is 0 Å². The number of carbonyl (C=O) groups excluding carboxylic acids is 3. The Bertz CT molecular complexity index is 1040. The van der Waals surface area contributed by atoms with Gasteiger partial charge >= 0.3 is 11.9 Å². The summed E-state index contributed by atoms with van der Waals surface area (Å²) in [6.45, 7) is 4.55. The normalized spacial score (nSPS) is 13.4. The molecule has 0 amide bonds. The maximum absolute atomic E-state index is 12.7. The summed E-state index contributed by atoms with van der Waals surface area (Å²) in [7, 11) is 5.39. The molecule has 8 heteroatoms. The van der Waals surface area contributed by atoms with Gasteiger partial charge in [-0.2, -0.15) is 0 Å². The first-order valence-corrected chi connectivity index (χ1v) is 22.2. The largest absolute Gasteiger partial charge is 0.544 e. The summed E-state index contributed by atoms with van der Waals surface area (Å²) in [5.74, 6) is -1.78. The van der Waals surface area contributed by atoms with Gasteiger partial charge in [0.2, 0.25) is 0 Å². The summed E-state index contributed by atoms with van der Waals surface area (Å²) in [5, 5.41) is 11.6. The molecule has 0 aliphatic heterocycles. The van der Waals surface area contributed by atoms with Gasteiger partial charge in [-0.25, -0.2) is 0 Å². The number of carbonyl (C=O) groups is 3. The Balaban J connectivity index is 4.29. The van der Waals surface area contributed by atoms with Crippen LogP contribution in [0.15, 0.2) is 48.6 Å². The summed E-state index contributed by atoms with van der Waals surface area (Å²) in [5.41, 5.74) is 0. The molecule has 0 aromatic heterocycles. The first kappa shape index (κ1) is 52.3. The molecule has 2 atom stereocenters. The highest BCUT2D eigenvalue weighted by molar-refractivity contribution is 5.70. The van der Waals surface area contributed by atoms with E-state index in [-0.39, 0.29) is 49.1 Å². The molecule has 0 fully saturated rings. The molecular weight excluding hydrogens is 691 g/mol. The van der Waals surface area contributed by atoms with E-state index < -0.39 is 18.1 Å². The number of ether oxygens (including phenoxy) is 3. The van der Waals surface area contributed by atoms with E-state index in [4.69, 9.17) is 14.2 Å². The molecule has 0 saturated heterocycles. The zero-order chi connectivity index (χ0) is 40.7. The summed E-state index contributed by atoms with van der Waals surface area (Å²) in [6.07, 6.45) is 44.2. The molecule has 318 valence electrons. The highest BCUT2D eigenvalue weighted by atomic mass is 16.6. The van der Waals surface area contributed by atoms with Crippen molar-refractivity contribution in [2.45, 2.75) is 193 Å². The van der Waals surface area contributed by atoms with E-state index in [2.05, 4.69) is 62.5 Å². The number of nitrogens with zero attached hydrogens (tertiary/aromatic N) is 1. The molecule has 0 heterocycles. The Labute approximate surface area is 337 Å². The number of esters is 2. The molecule has 0 rings (SSSR count). The Morgan fingerprint density at radius 2 is 0.964 bits per heavy atom. The minimum Gasteiger partial charge on any atom is -0.544 e. The van der Waals surface area contributed by atoms with Gasteiger partial charge in [0.15, 0.2) is 6.10 Å². The number of quaternary nitrogens is 1. The molecule has 0 spiro atoms. The van der Waals surface area contributed by atoms with Crippen molar-refractivity contribution >= 4 is 17.9 Å². The molecule has 0 bridgehead atoms. The van der Waals surface area contributed by atoms with E-state index >= 15 is 0 Å². The number of unbranched alkanes of at least 4 members (excludes halogenated alkanes) is 19. The van der Waals surface area contributed by atoms with Crippen molar-refractivity contribution in [2.24, 2.45) is 0 Å². The Morgan fingerprint density at radius 1 is 0.545 bits per heavy atom. The van der Waals surface area contributed by atoms with Crippen molar-refractivity contribution < 1.29 is 38.2 Å². The molecule has 0 aliphatic rings. The predicted octanol–water partition coefficient (Wildman–Crippen LogP) is 10.7. The van der Waals surface area contributed by atoms with Gasteiger partial charge in [-0.3, -0.25) is 9.59 Å². The fourth-order valence-electron chi connectivity index (χ4n) is 6.21. The van der Waals surface area contributed by atoms with Gasteiger partial charge in [0.05, 0.1) is 40.3 Å². The quantitative estimate of drug-likeness (QED) is 0.0265. The third kappa shape index (κ3) is 36.7. The number of hydrogen-bond donors (Lipinski definition) is 0. The standard InChI is InChI=1S/C47H83NO7/c1-6-8-10-12-14-16-18-19-20-21-22-23-24-25-26-28-29-31-33-35-37-45(49)54-42-43(41-53-40-39-44(47(51)52)48(3,4)5)55-46(50)38-36-34-32-30-27-17-15-13-11-9-7-2/h13,15-20,27,43-44H,6-12,14,21-26,28-42H2,1-5H3/b15-13+,18-16+,20-19+,27-17+. The summed E-state index contributed by atoms with van der Waals surface area (Å²) < 4.78 is 17.1. The first-order valence-electron chi connectivity index (χ1n) is 22.2.